The summed E-state index contributed by atoms with van der Waals surface area (Å²) in [6.07, 6.45) is 20.6. The molecule has 0 aromatic carbocycles. The molecule has 9 N–H and O–H groups in total. The summed E-state index contributed by atoms with van der Waals surface area (Å²) in [4.78, 5) is 12.9. The van der Waals surface area contributed by atoms with Gasteiger partial charge in [0.25, 0.3) is 0 Å². The molecule has 62 heavy (non-hydrogen) atoms. The number of carbonyl (C=O) groups excluding carboxylic acids is 1. The van der Waals surface area contributed by atoms with E-state index in [1.54, 1.807) is 6.08 Å². The van der Waals surface area contributed by atoms with Crippen LogP contribution in [0, 0.1) is 0 Å². The first-order valence-electron chi connectivity index (χ1n) is 24.9. The number of aliphatic hydroxyl groups excluding tert-OH is 8. The molecule has 366 valence electrons. The highest BCUT2D eigenvalue weighted by Crippen LogP contribution is 2.30. The summed E-state index contributed by atoms with van der Waals surface area (Å²) in [5.74, 6) is -0.256. The molecule has 0 radical (unpaired) electrons. The Hall–Kier alpha value is -1.27. The lowest BCUT2D eigenvalue weighted by molar-refractivity contribution is -0.359. The Morgan fingerprint density at radius 2 is 1.00 bits per heavy atom. The maximum absolute atomic E-state index is 12.9. The smallest absolute Gasteiger partial charge is 0.220 e. The molecule has 2 rings (SSSR count). The summed E-state index contributed by atoms with van der Waals surface area (Å²) in [7, 11) is 0. The third kappa shape index (κ3) is 23.3. The summed E-state index contributed by atoms with van der Waals surface area (Å²) in [6, 6.07) is -0.905. The van der Waals surface area contributed by atoms with Crippen LogP contribution in [0.5, 0.6) is 0 Å². The van der Waals surface area contributed by atoms with Gasteiger partial charge in [0.2, 0.25) is 5.91 Å². The van der Waals surface area contributed by atoms with E-state index >= 15 is 0 Å². The highest BCUT2D eigenvalue weighted by Gasteiger charge is 2.51. The molecule has 14 heteroatoms. The summed E-state index contributed by atoms with van der Waals surface area (Å²) >= 11 is 0. The van der Waals surface area contributed by atoms with E-state index in [0.29, 0.717) is 6.42 Å². The Balaban J connectivity index is 1.69. The zero-order valence-corrected chi connectivity index (χ0v) is 38.6. The molecule has 2 heterocycles. The minimum Gasteiger partial charge on any atom is -0.394 e. The Kier molecular flexibility index (Phi) is 32.9. The number of rotatable bonds is 38. The van der Waals surface area contributed by atoms with E-state index in [0.717, 1.165) is 38.5 Å². The zero-order chi connectivity index (χ0) is 45.4. The van der Waals surface area contributed by atoms with Crippen molar-refractivity contribution >= 4 is 5.91 Å². The van der Waals surface area contributed by atoms with Gasteiger partial charge < -0.3 is 65.1 Å². The largest absolute Gasteiger partial charge is 0.394 e. The van der Waals surface area contributed by atoms with Crippen molar-refractivity contribution in [2.45, 2.75) is 267 Å². The van der Waals surface area contributed by atoms with Gasteiger partial charge in [-0.2, -0.15) is 0 Å². The lowest BCUT2D eigenvalue weighted by Gasteiger charge is -2.46. The minimum absolute atomic E-state index is 0.256. The van der Waals surface area contributed by atoms with E-state index in [9.17, 15) is 45.6 Å². The number of aliphatic hydroxyl groups is 8. The first-order valence-corrected chi connectivity index (χ1v) is 24.9. The number of hydrogen-bond donors (Lipinski definition) is 9. The van der Waals surface area contributed by atoms with E-state index in [-0.39, 0.29) is 18.9 Å². The molecule has 0 spiro atoms. The van der Waals surface area contributed by atoms with Crippen molar-refractivity contribution in [3.05, 3.63) is 12.2 Å². The molecule has 12 unspecified atom stereocenters. The normalized spacial score (nSPS) is 27.8. The van der Waals surface area contributed by atoms with E-state index in [1.165, 1.54) is 128 Å². The fourth-order valence-electron chi connectivity index (χ4n) is 8.35. The molecular weight excluding hydrogens is 799 g/mol. The van der Waals surface area contributed by atoms with Crippen LogP contribution in [-0.2, 0) is 23.7 Å². The van der Waals surface area contributed by atoms with Crippen molar-refractivity contribution in [2.24, 2.45) is 0 Å². The molecule has 0 saturated carbocycles. The van der Waals surface area contributed by atoms with Gasteiger partial charge in [-0.15, -0.1) is 0 Å². The molecule has 2 saturated heterocycles. The van der Waals surface area contributed by atoms with Crippen molar-refractivity contribution in [3.63, 3.8) is 0 Å². The average molecular weight is 890 g/mol. The van der Waals surface area contributed by atoms with Gasteiger partial charge in [0.15, 0.2) is 12.6 Å². The molecule has 14 nitrogen and oxygen atoms in total. The molecular formula is C48H91NO13. The summed E-state index contributed by atoms with van der Waals surface area (Å²) in [5, 5.41) is 86.2. The Labute approximate surface area is 374 Å². The van der Waals surface area contributed by atoms with Gasteiger partial charge in [-0.25, -0.2) is 0 Å². The topological polar surface area (TPSA) is 228 Å². The lowest BCUT2D eigenvalue weighted by Crippen LogP contribution is -2.65. The van der Waals surface area contributed by atoms with Crippen LogP contribution in [0.15, 0.2) is 12.2 Å². The monoisotopic (exact) mass is 890 g/mol. The number of amides is 1. The Bertz CT molecular complexity index is 1100. The lowest BCUT2D eigenvalue weighted by atomic mass is 9.97. The molecule has 1 amide bonds. The van der Waals surface area contributed by atoms with Crippen LogP contribution >= 0.6 is 0 Å². The van der Waals surface area contributed by atoms with Crippen molar-refractivity contribution in [2.75, 3.05) is 19.8 Å². The number of carbonyl (C=O) groups is 1. The second kappa shape index (κ2) is 35.9. The fraction of sp³-hybridized carbons (Fsp3) is 0.938. The van der Waals surface area contributed by atoms with Gasteiger partial charge in [0.1, 0.15) is 48.8 Å². The third-order valence-corrected chi connectivity index (χ3v) is 12.5. The molecule has 0 aromatic heterocycles. The maximum atomic E-state index is 12.9. The Morgan fingerprint density at radius 1 is 0.565 bits per heavy atom. The number of allylic oxidation sites excluding steroid dienone is 1. The third-order valence-electron chi connectivity index (χ3n) is 12.5. The van der Waals surface area contributed by atoms with Gasteiger partial charge in [-0.1, -0.05) is 180 Å². The molecule has 2 aliphatic rings. The van der Waals surface area contributed by atoms with Gasteiger partial charge in [0, 0.05) is 6.42 Å². The van der Waals surface area contributed by atoms with E-state index in [4.69, 9.17) is 18.9 Å². The highest BCUT2D eigenvalue weighted by molar-refractivity contribution is 5.76. The van der Waals surface area contributed by atoms with Crippen LogP contribution in [0.25, 0.3) is 0 Å². The van der Waals surface area contributed by atoms with Gasteiger partial charge in [-0.3, -0.25) is 4.79 Å². The highest BCUT2D eigenvalue weighted by atomic mass is 16.7. The van der Waals surface area contributed by atoms with Crippen LogP contribution in [0.2, 0.25) is 0 Å². The van der Waals surface area contributed by atoms with Crippen molar-refractivity contribution in [1.82, 2.24) is 5.32 Å². The first-order chi connectivity index (χ1) is 30.1. The standard InChI is InChI=1S/C48H91NO13/c1-3-5-7-9-10-11-12-13-14-15-16-17-18-19-20-21-22-23-24-25-26-27-28-29-31-37(52)36(49-40(53)32-30-8-6-4-2)35-59-47-45(58)43(56)46(39(34-51)61-47)62-48-44(57)42(55)41(54)38(33-50)60-48/h29,31,36-39,41-48,50-52,54-58H,3-28,30,32-35H2,1-2H3,(H,49,53)/b31-29+. The number of nitrogens with one attached hydrogen (secondary N) is 1. The predicted octanol–water partition coefficient (Wildman–Crippen LogP) is 5.99. The van der Waals surface area contributed by atoms with Gasteiger partial charge in [-0.05, 0) is 19.3 Å². The van der Waals surface area contributed by atoms with Crippen molar-refractivity contribution in [1.29, 1.82) is 0 Å². The number of hydrogen-bond acceptors (Lipinski definition) is 13. The van der Waals surface area contributed by atoms with E-state index in [1.807, 2.05) is 6.08 Å². The molecule has 0 aromatic rings. The quantitative estimate of drug-likeness (QED) is 0.0257. The molecule has 12 atom stereocenters. The van der Waals surface area contributed by atoms with Crippen molar-refractivity contribution < 1.29 is 64.6 Å². The zero-order valence-electron chi connectivity index (χ0n) is 38.6. The van der Waals surface area contributed by atoms with E-state index in [2.05, 4.69) is 19.2 Å². The number of unbranched alkanes of at least 4 members (excludes halogenated alkanes) is 25. The van der Waals surface area contributed by atoms with E-state index < -0.39 is 86.8 Å². The van der Waals surface area contributed by atoms with Crippen LogP contribution in [0.1, 0.15) is 194 Å². The Morgan fingerprint density at radius 3 is 1.48 bits per heavy atom. The molecule has 2 aliphatic heterocycles. The number of ether oxygens (including phenoxy) is 4. The fourth-order valence-corrected chi connectivity index (χ4v) is 8.35. The van der Waals surface area contributed by atoms with Crippen molar-refractivity contribution in [3.8, 4) is 0 Å². The molecule has 2 fully saturated rings. The predicted molar refractivity (Wildman–Crippen MR) is 240 cm³/mol. The van der Waals surface area contributed by atoms with Crippen LogP contribution < -0.4 is 5.32 Å². The summed E-state index contributed by atoms with van der Waals surface area (Å²) in [6.45, 7) is 2.65. The van der Waals surface area contributed by atoms with Gasteiger partial charge >= 0.3 is 0 Å². The second-order valence-electron chi connectivity index (χ2n) is 18.0. The van der Waals surface area contributed by atoms with Gasteiger partial charge in [0.05, 0.1) is 32.0 Å². The van der Waals surface area contributed by atoms with Crippen LogP contribution in [-0.4, -0.2) is 140 Å². The average Bonchev–Trinajstić information content (AvgIpc) is 3.27. The minimum atomic E-state index is -1.78. The van der Waals surface area contributed by atoms with Crippen LogP contribution in [0.4, 0.5) is 0 Å². The SMILES string of the molecule is CCCCCCCCCCCCCCCCCCCCCCCC/C=C/C(O)C(COC1OC(CO)C(OC2OC(CO)C(O)C(O)C2O)C(O)C1O)NC(=O)CCCCCC. The second-order valence-corrected chi connectivity index (χ2v) is 18.0. The first kappa shape index (κ1) is 56.9. The molecule has 0 bridgehead atoms. The summed E-state index contributed by atoms with van der Waals surface area (Å²) < 4.78 is 22.5. The summed E-state index contributed by atoms with van der Waals surface area (Å²) in [5.41, 5.74) is 0. The molecule has 0 aliphatic carbocycles. The maximum Gasteiger partial charge on any atom is 0.220 e. The van der Waals surface area contributed by atoms with Crippen LogP contribution in [0.3, 0.4) is 0 Å².